The summed E-state index contributed by atoms with van der Waals surface area (Å²) in [5.74, 6) is 0.0856. The molecule has 0 aromatic heterocycles. The summed E-state index contributed by atoms with van der Waals surface area (Å²) in [4.78, 5) is 10.1. The number of halogens is 1. The normalized spacial score (nSPS) is 10.8. The van der Waals surface area contributed by atoms with Crippen molar-refractivity contribution in [2.24, 2.45) is 0 Å². The van der Waals surface area contributed by atoms with Gasteiger partial charge in [0.25, 0.3) is 0 Å². The number of aromatic hydroxyl groups is 1. The fraction of sp³-hybridized carbons (Fsp3) is 0.300. The predicted octanol–water partition coefficient (Wildman–Crippen LogP) is 2.33. The third kappa shape index (κ3) is 6.48. The van der Waals surface area contributed by atoms with E-state index < -0.39 is 0 Å². The van der Waals surface area contributed by atoms with Crippen molar-refractivity contribution in [1.82, 2.24) is 0 Å². The number of ether oxygens (including phenoxy) is 1. The van der Waals surface area contributed by atoms with Crippen LogP contribution in [0.3, 0.4) is 0 Å². The van der Waals surface area contributed by atoms with Gasteiger partial charge in [-0.15, -0.1) is 0 Å². The number of phenolic OH excluding ortho intramolecular Hbond substituents is 1. The quantitative estimate of drug-likeness (QED) is 0.623. The molecule has 14 heavy (non-hydrogen) atoms. The lowest BCUT2D eigenvalue weighted by atomic mass is 10.3. The summed E-state index contributed by atoms with van der Waals surface area (Å²) in [5, 5.41) is 8.63. The van der Waals surface area contributed by atoms with Gasteiger partial charge in [-0.25, -0.2) is 0 Å². The number of hydrogen-bond donors (Lipinski definition) is 1. The number of benzene rings is 1. The van der Waals surface area contributed by atoms with Crippen molar-refractivity contribution in [3.63, 3.8) is 0 Å². The van der Waals surface area contributed by atoms with E-state index in [0.717, 1.165) is 0 Å². The van der Waals surface area contributed by atoms with Crippen molar-refractivity contribution >= 4 is 21.9 Å². The number of carbonyl (C=O) groups excluding carboxylic acids is 1. The summed E-state index contributed by atoms with van der Waals surface area (Å²) < 4.78 is 4.33. The Morgan fingerprint density at radius 2 is 1.93 bits per heavy atom. The molecule has 78 valence electrons. The molecule has 0 spiro atoms. The highest BCUT2D eigenvalue weighted by Gasteiger charge is 2.05. The van der Waals surface area contributed by atoms with E-state index in [1.54, 1.807) is 31.2 Å². The highest BCUT2D eigenvalue weighted by Crippen LogP contribution is 2.02. The molecule has 0 aliphatic heterocycles. The summed E-state index contributed by atoms with van der Waals surface area (Å²) >= 11 is 3.03. The predicted molar refractivity (Wildman–Crippen MR) is 58.5 cm³/mol. The summed E-state index contributed by atoms with van der Waals surface area (Å²) in [6, 6.07) is 8.71. The van der Waals surface area contributed by atoms with Crippen LogP contribution in [0.1, 0.15) is 6.92 Å². The van der Waals surface area contributed by atoms with Crippen LogP contribution in [-0.2, 0) is 9.53 Å². The molecule has 0 aliphatic rings. The minimum Gasteiger partial charge on any atom is -0.508 e. The molecule has 0 heterocycles. The number of alkyl halides is 1. The number of rotatable bonds is 1. The van der Waals surface area contributed by atoms with E-state index in [1.807, 2.05) is 6.07 Å². The van der Waals surface area contributed by atoms with Crippen molar-refractivity contribution in [3.05, 3.63) is 30.3 Å². The number of esters is 1. The molecule has 4 heteroatoms. The second-order valence-electron chi connectivity index (χ2n) is 2.47. The van der Waals surface area contributed by atoms with Crippen LogP contribution in [0.25, 0.3) is 0 Å². The summed E-state index contributed by atoms with van der Waals surface area (Å²) in [7, 11) is 1.36. The van der Waals surface area contributed by atoms with E-state index in [1.165, 1.54) is 7.11 Å². The molecule has 1 rings (SSSR count). The van der Waals surface area contributed by atoms with Crippen molar-refractivity contribution in [2.45, 2.75) is 11.8 Å². The molecule has 0 radical (unpaired) electrons. The Morgan fingerprint density at radius 3 is 2.07 bits per heavy atom. The van der Waals surface area contributed by atoms with Gasteiger partial charge in [0.1, 0.15) is 10.6 Å². The van der Waals surface area contributed by atoms with Gasteiger partial charge in [0.2, 0.25) is 0 Å². The molecule has 1 unspecified atom stereocenters. The molecule has 3 nitrogen and oxygen atoms in total. The molecule has 0 fully saturated rings. The first-order chi connectivity index (χ1) is 6.57. The van der Waals surface area contributed by atoms with Gasteiger partial charge < -0.3 is 9.84 Å². The molecule has 1 atom stereocenters. The van der Waals surface area contributed by atoms with Gasteiger partial charge in [-0.05, 0) is 19.1 Å². The molecule has 0 aliphatic carbocycles. The standard InChI is InChI=1S/C6H6O.C4H7BrO2/c7-6-4-2-1-3-5-6;1-3(5)4(6)7-2/h1-5,7H;3H,1-2H3. The number of carbonyl (C=O) groups is 1. The van der Waals surface area contributed by atoms with E-state index in [0.29, 0.717) is 5.75 Å². The third-order valence-corrected chi connectivity index (χ3v) is 1.66. The fourth-order valence-electron chi connectivity index (χ4n) is 0.590. The Balaban J connectivity index is 0.000000241. The molecule has 0 saturated heterocycles. The zero-order valence-corrected chi connectivity index (χ0v) is 9.69. The topological polar surface area (TPSA) is 46.5 Å². The maximum absolute atomic E-state index is 10.2. The molecule has 0 amide bonds. The van der Waals surface area contributed by atoms with Crippen LogP contribution < -0.4 is 0 Å². The Bertz CT molecular complexity index is 259. The number of hydrogen-bond acceptors (Lipinski definition) is 3. The van der Waals surface area contributed by atoms with E-state index >= 15 is 0 Å². The lowest BCUT2D eigenvalue weighted by Crippen LogP contribution is -2.10. The van der Waals surface area contributed by atoms with Crippen LogP contribution >= 0.6 is 15.9 Å². The minimum absolute atomic E-state index is 0.183. The lowest BCUT2D eigenvalue weighted by Gasteiger charge is -1.96. The van der Waals surface area contributed by atoms with Crippen molar-refractivity contribution in [3.8, 4) is 5.75 Å². The van der Waals surface area contributed by atoms with Gasteiger partial charge in [-0.1, -0.05) is 34.1 Å². The van der Waals surface area contributed by atoms with Gasteiger partial charge in [-0.3, -0.25) is 4.79 Å². The maximum atomic E-state index is 10.2. The van der Waals surface area contributed by atoms with Crippen LogP contribution in [0.4, 0.5) is 0 Å². The van der Waals surface area contributed by atoms with Crippen molar-refractivity contribution in [1.29, 1.82) is 0 Å². The average molecular weight is 261 g/mol. The smallest absolute Gasteiger partial charge is 0.319 e. The van der Waals surface area contributed by atoms with Crippen LogP contribution in [0.5, 0.6) is 5.75 Å². The van der Waals surface area contributed by atoms with Crippen LogP contribution in [-0.4, -0.2) is 23.0 Å². The van der Waals surface area contributed by atoms with Crippen LogP contribution in [0, 0.1) is 0 Å². The molecule has 1 aromatic rings. The van der Waals surface area contributed by atoms with Gasteiger partial charge in [0.15, 0.2) is 0 Å². The highest BCUT2D eigenvalue weighted by molar-refractivity contribution is 9.10. The Kier molecular flexibility index (Phi) is 6.84. The minimum atomic E-state index is -0.236. The van der Waals surface area contributed by atoms with Gasteiger partial charge >= 0.3 is 5.97 Å². The second-order valence-corrected chi connectivity index (χ2v) is 3.85. The molecular weight excluding hydrogens is 248 g/mol. The van der Waals surface area contributed by atoms with Crippen LogP contribution in [0.15, 0.2) is 30.3 Å². The van der Waals surface area contributed by atoms with E-state index in [9.17, 15) is 4.79 Å². The molecule has 0 saturated carbocycles. The second kappa shape index (κ2) is 7.38. The summed E-state index contributed by atoms with van der Waals surface area (Å²) in [6.45, 7) is 1.71. The van der Waals surface area contributed by atoms with Gasteiger partial charge in [0, 0.05) is 0 Å². The van der Waals surface area contributed by atoms with Gasteiger partial charge in [0.05, 0.1) is 7.11 Å². The first-order valence-electron chi connectivity index (χ1n) is 4.04. The summed E-state index contributed by atoms with van der Waals surface area (Å²) in [6.07, 6.45) is 0. The third-order valence-electron chi connectivity index (χ3n) is 1.28. The van der Waals surface area contributed by atoms with Crippen molar-refractivity contribution in [2.75, 3.05) is 7.11 Å². The van der Waals surface area contributed by atoms with E-state index in [-0.39, 0.29) is 10.8 Å². The number of para-hydroxylation sites is 1. The average Bonchev–Trinajstić information content (AvgIpc) is 2.18. The zero-order valence-electron chi connectivity index (χ0n) is 8.11. The molecule has 1 N–H and O–H groups in total. The first-order valence-corrected chi connectivity index (χ1v) is 4.95. The van der Waals surface area contributed by atoms with E-state index in [2.05, 4.69) is 20.7 Å². The number of methoxy groups -OCH3 is 1. The Morgan fingerprint density at radius 1 is 1.43 bits per heavy atom. The molecule has 0 bridgehead atoms. The molecular formula is C10H13BrO3. The first kappa shape index (κ1) is 13.0. The van der Waals surface area contributed by atoms with Crippen molar-refractivity contribution < 1.29 is 14.6 Å². The Hall–Kier alpha value is -1.03. The lowest BCUT2D eigenvalue weighted by molar-refractivity contribution is -0.139. The Labute approximate surface area is 91.8 Å². The monoisotopic (exact) mass is 260 g/mol. The summed E-state index contributed by atoms with van der Waals surface area (Å²) in [5.41, 5.74) is 0. The van der Waals surface area contributed by atoms with Crippen LogP contribution in [0.2, 0.25) is 0 Å². The molecule has 1 aromatic carbocycles. The van der Waals surface area contributed by atoms with E-state index in [4.69, 9.17) is 5.11 Å². The largest absolute Gasteiger partial charge is 0.508 e. The highest BCUT2D eigenvalue weighted by atomic mass is 79.9. The van der Waals surface area contributed by atoms with Gasteiger partial charge in [-0.2, -0.15) is 0 Å². The maximum Gasteiger partial charge on any atom is 0.319 e. The fourth-order valence-corrected chi connectivity index (χ4v) is 0.777. The SMILES string of the molecule is COC(=O)C(C)Br.Oc1ccccc1. The zero-order chi connectivity index (χ0) is 11.0. The number of phenols is 1.